The van der Waals surface area contributed by atoms with Gasteiger partial charge in [-0.1, -0.05) is 17.7 Å². The van der Waals surface area contributed by atoms with Gasteiger partial charge in [-0.2, -0.15) is 20.1 Å². The van der Waals surface area contributed by atoms with Crippen molar-refractivity contribution >= 4 is 30.0 Å². The lowest BCUT2D eigenvalue weighted by molar-refractivity contribution is 0.0729. The topological polar surface area (TPSA) is 105 Å². The van der Waals surface area contributed by atoms with E-state index in [9.17, 15) is 4.79 Å². The molecule has 0 unspecified atom stereocenters. The summed E-state index contributed by atoms with van der Waals surface area (Å²) in [6, 6.07) is 12.5. The Bertz CT molecular complexity index is 1280. The summed E-state index contributed by atoms with van der Waals surface area (Å²) in [5, 5.41) is 4.38. The van der Waals surface area contributed by atoms with Crippen LogP contribution in [0, 0.1) is 6.92 Å². The van der Waals surface area contributed by atoms with E-state index in [0.717, 1.165) is 63.0 Å². The lowest BCUT2D eigenvalue weighted by Gasteiger charge is -2.30. The van der Waals surface area contributed by atoms with E-state index in [1.54, 1.807) is 36.5 Å². The third-order valence-electron chi connectivity index (χ3n) is 6.91. The van der Waals surface area contributed by atoms with Crippen LogP contribution in [0.25, 0.3) is 0 Å². The molecule has 5 rings (SSSR count). The van der Waals surface area contributed by atoms with Crippen LogP contribution in [0.4, 0.5) is 17.8 Å². The van der Waals surface area contributed by atoms with Crippen LogP contribution in [0.5, 0.6) is 11.5 Å². The Morgan fingerprint density at radius 1 is 0.872 bits per heavy atom. The summed E-state index contributed by atoms with van der Waals surface area (Å²) in [5.74, 6) is 2.14. The van der Waals surface area contributed by atoms with Crippen LogP contribution < -0.4 is 24.7 Å². The number of ether oxygens (including phenoxy) is 2. The molecule has 10 heteroatoms. The van der Waals surface area contributed by atoms with E-state index >= 15 is 0 Å². The molecule has 2 aromatic carbocycles. The number of hydrazone groups is 1. The molecule has 3 aromatic rings. The van der Waals surface area contributed by atoms with Crippen LogP contribution in [0.2, 0.25) is 0 Å². The standard InChI is InChI=1S/C29H35N7O3/c1-21-10-9-11-23(18-21)26(37)39-24-13-12-22(19-25(24)38-2)20-30-34-27-31-28(35-14-5-3-6-15-35)33-29(32-27)36-16-7-4-8-17-36/h9-13,18-20H,3-8,14-17H2,1-2H3,(H,31,32,33,34)/b30-20+. The first-order valence-electron chi connectivity index (χ1n) is 13.6. The number of esters is 1. The number of methoxy groups -OCH3 is 1. The van der Waals surface area contributed by atoms with E-state index < -0.39 is 5.97 Å². The first-order chi connectivity index (χ1) is 19.1. The molecule has 0 saturated carbocycles. The van der Waals surface area contributed by atoms with Gasteiger partial charge in [0.15, 0.2) is 11.5 Å². The quantitative estimate of drug-likeness (QED) is 0.190. The van der Waals surface area contributed by atoms with Gasteiger partial charge in [0.1, 0.15) is 0 Å². The molecular weight excluding hydrogens is 494 g/mol. The van der Waals surface area contributed by atoms with Crippen molar-refractivity contribution in [3.05, 3.63) is 59.2 Å². The van der Waals surface area contributed by atoms with Gasteiger partial charge in [-0.05, 0) is 81.3 Å². The van der Waals surface area contributed by atoms with E-state index in [1.165, 1.54) is 20.0 Å². The molecule has 0 aliphatic carbocycles. The van der Waals surface area contributed by atoms with Crippen molar-refractivity contribution in [1.82, 2.24) is 15.0 Å². The maximum Gasteiger partial charge on any atom is 0.343 e. The molecule has 0 spiro atoms. The highest BCUT2D eigenvalue weighted by atomic mass is 16.6. The Kier molecular flexibility index (Phi) is 8.50. The summed E-state index contributed by atoms with van der Waals surface area (Å²) in [6.45, 7) is 5.73. The van der Waals surface area contributed by atoms with Gasteiger partial charge >= 0.3 is 5.97 Å². The average Bonchev–Trinajstić information content (AvgIpc) is 2.98. The molecule has 2 aliphatic rings. The normalized spacial score (nSPS) is 15.8. The lowest BCUT2D eigenvalue weighted by Crippen LogP contribution is -2.34. The SMILES string of the molecule is COc1cc(/C=N/Nc2nc(N3CCCCC3)nc(N3CCCCC3)n2)ccc1OC(=O)c1cccc(C)c1. The Morgan fingerprint density at radius 3 is 2.15 bits per heavy atom. The van der Waals surface area contributed by atoms with Gasteiger partial charge in [0.25, 0.3) is 0 Å². The predicted octanol–water partition coefficient (Wildman–Crippen LogP) is 4.83. The van der Waals surface area contributed by atoms with Crippen molar-refractivity contribution in [2.45, 2.75) is 45.4 Å². The summed E-state index contributed by atoms with van der Waals surface area (Å²) in [6.07, 6.45) is 8.70. The minimum Gasteiger partial charge on any atom is -0.493 e. The van der Waals surface area contributed by atoms with Crippen LogP contribution >= 0.6 is 0 Å². The summed E-state index contributed by atoms with van der Waals surface area (Å²) in [4.78, 5) is 31.2. The van der Waals surface area contributed by atoms with E-state index in [4.69, 9.17) is 14.5 Å². The zero-order chi connectivity index (χ0) is 27.0. The molecule has 2 saturated heterocycles. The molecule has 0 radical (unpaired) electrons. The zero-order valence-electron chi connectivity index (χ0n) is 22.6. The van der Waals surface area contributed by atoms with Crippen LogP contribution in [0.15, 0.2) is 47.6 Å². The molecule has 204 valence electrons. The Morgan fingerprint density at radius 2 is 1.54 bits per heavy atom. The number of nitrogens with zero attached hydrogens (tertiary/aromatic N) is 6. The molecule has 0 amide bonds. The second kappa shape index (κ2) is 12.6. The number of benzene rings is 2. The molecule has 1 N–H and O–H groups in total. The van der Waals surface area contributed by atoms with Crippen molar-refractivity contribution < 1.29 is 14.3 Å². The second-order valence-electron chi connectivity index (χ2n) is 9.89. The van der Waals surface area contributed by atoms with Crippen LogP contribution in [0.3, 0.4) is 0 Å². The highest BCUT2D eigenvalue weighted by Crippen LogP contribution is 2.29. The summed E-state index contributed by atoms with van der Waals surface area (Å²) >= 11 is 0. The van der Waals surface area contributed by atoms with Crippen LogP contribution in [0.1, 0.15) is 60.0 Å². The fraction of sp³-hybridized carbons (Fsp3) is 0.414. The number of aromatic nitrogens is 3. The summed E-state index contributed by atoms with van der Waals surface area (Å²) < 4.78 is 11.1. The van der Waals surface area contributed by atoms with Gasteiger partial charge in [-0.15, -0.1) is 0 Å². The Balaban J connectivity index is 1.30. The number of hydrogen-bond acceptors (Lipinski definition) is 10. The number of piperidine rings is 2. The summed E-state index contributed by atoms with van der Waals surface area (Å²) in [5.41, 5.74) is 5.22. The van der Waals surface area contributed by atoms with Crippen LogP contribution in [-0.2, 0) is 0 Å². The Hall–Kier alpha value is -4.21. The summed E-state index contributed by atoms with van der Waals surface area (Å²) in [7, 11) is 1.54. The maximum absolute atomic E-state index is 12.6. The number of carbonyl (C=O) groups excluding carboxylic acids is 1. The number of anilines is 3. The Labute approximate surface area is 229 Å². The zero-order valence-corrected chi connectivity index (χ0v) is 22.6. The lowest BCUT2D eigenvalue weighted by atomic mass is 10.1. The smallest absolute Gasteiger partial charge is 0.343 e. The second-order valence-corrected chi connectivity index (χ2v) is 9.89. The molecule has 2 fully saturated rings. The molecule has 10 nitrogen and oxygen atoms in total. The first kappa shape index (κ1) is 26.4. The highest BCUT2D eigenvalue weighted by molar-refractivity contribution is 5.91. The number of carbonyl (C=O) groups is 1. The maximum atomic E-state index is 12.6. The predicted molar refractivity (Wildman–Crippen MR) is 152 cm³/mol. The molecule has 3 heterocycles. The molecule has 39 heavy (non-hydrogen) atoms. The van der Waals surface area contributed by atoms with E-state index in [1.807, 2.05) is 19.1 Å². The van der Waals surface area contributed by atoms with Crippen molar-refractivity contribution in [2.24, 2.45) is 5.10 Å². The average molecular weight is 530 g/mol. The molecule has 1 aromatic heterocycles. The van der Waals surface area contributed by atoms with E-state index in [2.05, 4.69) is 30.3 Å². The number of rotatable bonds is 8. The molecule has 0 atom stereocenters. The van der Waals surface area contributed by atoms with Gasteiger partial charge in [0.2, 0.25) is 17.8 Å². The van der Waals surface area contributed by atoms with E-state index in [0.29, 0.717) is 34.9 Å². The van der Waals surface area contributed by atoms with Crippen molar-refractivity contribution in [3.8, 4) is 11.5 Å². The van der Waals surface area contributed by atoms with Crippen molar-refractivity contribution in [1.29, 1.82) is 0 Å². The third kappa shape index (κ3) is 6.81. The molecule has 2 aliphatic heterocycles. The van der Waals surface area contributed by atoms with Crippen LogP contribution in [-0.4, -0.2) is 60.4 Å². The highest BCUT2D eigenvalue weighted by Gasteiger charge is 2.20. The van der Waals surface area contributed by atoms with Gasteiger partial charge in [0, 0.05) is 26.2 Å². The minimum atomic E-state index is -0.441. The third-order valence-corrected chi connectivity index (χ3v) is 6.91. The largest absolute Gasteiger partial charge is 0.493 e. The fourth-order valence-electron chi connectivity index (χ4n) is 4.82. The number of hydrogen-bond donors (Lipinski definition) is 1. The van der Waals surface area contributed by atoms with E-state index in [-0.39, 0.29) is 0 Å². The number of aryl methyl sites for hydroxylation is 1. The van der Waals surface area contributed by atoms with Crippen molar-refractivity contribution in [2.75, 3.05) is 48.5 Å². The van der Waals surface area contributed by atoms with Gasteiger partial charge in [-0.3, -0.25) is 0 Å². The first-order valence-corrected chi connectivity index (χ1v) is 13.6. The molecular formula is C29H35N7O3. The van der Waals surface area contributed by atoms with Gasteiger partial charge in [0.05, 0.1) is 18.9 Å². The van der Waals surface area contributed by atoms with Crippen molar-refractivity contribution in [3.63, 3.8) is 0 Å². The molecule has 0 bridgehead atoms. The minimum absolute atomic E-state index is 0.337. The fourth-order valence-corrected chi connectivity index (χ4v) is 4.82. The van der Waals surface area contributed by atoms with Gasteiger partial charge in [-0.25, -0.2) is 10.2 Å². The van der Waals surface area contributed by atoms with Gasteiger partial charge < -0.3 is 19.3 Å². The number of nitrogens with one attached hydrogen (secondary N) is 1. The monoisotopic (exact) mass is 529 g/mol.